The van der Waals surface area contributed by atoms with Crippen molar-refractivity contribution < 1.29 is 4.79 Å². The molecule has 3 nitrogen and oxygen atoms in total. The highest BCUT2D eigenvalue weighted by molar-refractivity contribution is 5.94. The number of rotatable bonds is 2. The maximum atomic E-state index is 12.7. The zero-order valence-corrected chi connectivity index (χ0v) is 12.9. The SMILES string of the molecule is O=C(c1ccc(-n2cccc2)cc1)N1CCc2ccccc2C1. The molecule has 3 heteroatoms. The van der Waals surface area contributed by atoms with Crippen molar-refractivity contribution in [2.24, 2.45) is 0 Å². The van der Waals surface area contributed by atoms with Crippen LogP contribution in [0.5, 0.6) is 0 Å². The number of nitrogens with zero attached hydrogens (tertiary/aromatic N) is 2. The third-order valence-corrected chi connectivity index (χ3v) is 4.43. The van der Waals surface area contributed by atoms with Crippen molar-refractivity contribution in [1.82, 2.24) is 9.47 Å². The lowest BCUT2D eigenvalue weighted by molar-refractivity contribution is 0.0734. The number of aromatic nitrogens is 1. The van der Waals surface area contributed by atoms with Gasteiger partial charge in [0, 0.05) is 36.7 Å². The van der Waals surface area contributed by atoms with Gasteiger partial charge in [-0.25, -0.2) is 0 Å². The summed E-state index contributed by atoms with van der Waals surface area (Å²) in [6.07, 6.45) is 4.93. The Morgan fingerprint density at radius 3 is 2.26 bits per heavy atom. The standard InChI is InChI=1S/C20H18N2O/c23-20(22-14-11-16-5-1-2-6-18(16)15-22)17-7-9-19(10-8-17)21-12-3-4-13-21/h1-10,12-13H,11,14-15H2. The fourth-order valence-electron chi connectivity index (χ4n) is 3.13. The molecule has 0 bridgehead atoms. The summed E-state index contributed by atoms with van der Waals surface area (Å²) in [5.74, 6) is 0.110. The molecule has 3 aromatic rings. The van der Waals surface area contributed by atoms with E-state index in [0.717, 1.165) is 24.2 Å². The third kappa shape index (κ3) is 2.66. The van der Waals surface area contributed by atoms with Gasteiger partial charge in [0.05, 0.1) is 0 Å². The Hall–Kier alpha value is -2.81. The molecule has 23 heavy (non-hydrogen) atoms. The van der Waals surface area contributed by atoms with Crippen LogP contribution in [0, 0.1) is 0 Å². The van der Waals surface area contributed by atoms with Crippen LogP contribution in [0.4, 0.5) is 0 Å². The number of carbonyl (C=O) groups is 1. The molecule has 0 radical (unpaired) electrons. The average molecular weight is 302 g/mol. The summed E-state index contributed by atoms with van der Waals surface area (Å²) >= 11 is 0. The monoisotopic (exact) mass is 302 g/mol. The van der Waals surface area contributed by atoms with E-state index in [2.05, 4.69) is 18.2 Å². The van der Waals surface area contributed by atoms with Crippen molar-refractivity contribution >= 4 is 5.91 Å². The van der Waals surface area contributed by atoms with Gasteiger partial charge in [-0.05, 0) is 53.9 Å². The smallest absolute Gasteiger partial charge is 0.254 e. The summed E-state index contributed by atoms with van der Waals surface area (Å²) in [6, 6.07) is 20.2. The Labute approximate surface area is 135 Å². The maximum absolute atomic E-state index is 12.7. The predicted molar refractivity (Wildman–Crippen MR) is 90.7 cm³/mol. The summed E-state index contributed by atoms with van der Waals surface area (Å²) in [5.41, 5.74) is 4.44. The molecule has 0 saturated heterocycles. The van der Waals surface area contributed by atoms with Gasteiger partial charge in [-0.1, -0.05) is 24.3 Å². The molecule has 1 aliphatic heterocycles. The molecule has 1 aromatic heterocycles. The van der Waals surface area contributed by atoms with Crippen molar-refractivity contribution in [3.8, 4) is 5.69 Å². The number of hydrogen-bond donors (Lipinski definition) is 0. The van der Waals surface area contributed by atoms with E-state index in [9.17, 15) is 4.79 Å². The highest BCUT2D eigenvalue weighted by Crippen LogP contribution is 2.20. The molecule has 0 unspecified atom stereocenters. The second kappa shape index (κ2) is 5.76. The van der Waals surface area contributed by atoms with Gasteiger partial charge < -0.3 is 9.47 Å². The normalized spacial score (nSPS) is 13.7. The quantitative estimate of drug-likeness (QED) is 0.709. The predicted octanol–water partition coefficient (Wildman–Crippen LogP) is 3.68. The van der Waals surface area contributed by atoms with Crippen molar-refractivity contribution in [3.63, 3.8) is 0 Å². The average Bonchev–Trinajstić information content (AvgIpc) is 3.15. The van der Waals surface area contributed by atoms with E-state index in [0.29, 0.717) is 6.54 Å². The minimum atomic E-state index is 0.110. The third-order valence-electron chi connectivity index (χ3n) is 4.43. The Balaban J connectivity index is 1.53. The Morgan fingerprint density at radius 1 is 0.826 bits per heavy atom. The van der Waals surface area contributed by atoms with Gasteiger partial charge in [-0.15, -0.1) is 0 Å². The molecule has 0 fully saturated rings. The lowest BCUT2D eigenvalue weighted by Crippen LogP contribution is -2.35. The molecule has 2 aromatic carbocycles. The number of benzene rings is 2. The van der Waals surface area contributed by atoms with E-state index in [1.54, 1.807) is 0 Å². The molecule has 0 spiro atoms. The topological polar surface area (TPSA) is 25.2 Å². The number of fused-ring (bicyclic) bond motifs is 1. The van der Waals surface area contributed by atoms with Gasteiger partial charge in [0.2, 0.25) is 0 Å². The van der Waals surface area contributed by atoms with E-state index in [1.807, 2.05) is 64.3 Å². The van der Waals surface area contributed by atoms with Gasteiger partial charge in [0.15, 0.2) is 0 Å². The second-order valence-electron chi connectivity index (χ2n) is 5.88. The van der Waals surface area contributed by atoms with Crippen LogP contribution < -0.4 is 0 Å². The molecule has 1 amide bonds. The molecule has 114 valence electrons. The summed E-state index contributed by atoms with van der Waals surface area (Å²) in [4.78, 5) is 14.7. The summed E-state index contributed by atoms with van der Waals surface area (Å²) in [7, 11) is 0. The van der Waals surface area contributed by atoms with Gasteiger partial charge in [-0.3, -0.25) is 4.79 Å². The van der Waals surface area contributed by atoms with Gasteiger partial charge >= 0.3 is 0 Å². The molecule has 0 N–H and O–H groups in total. The van der Waals surface area contributed by atoms with Gasteiger partial charge in [0.25, 0.3) is 5.91 Å². The fraction of sp³-hybridized carbons (Fsp3) is 0.150. The van der Waals surface area contributed by atoms with E-state index in [-0.39, 0.29) is 5.91 Å². The van der Waals surface area contributed by atoms with Crippen LogP contribution >= 0.6 is 0 Å². The fourth-order valence-corrected chi connectivity index (χ4v) is 3.13. The molecule has 0 atom stereocenters. The van der Waals surface area contributed by atoms with Crippen LogP contribution in [0.1, 0.15) is 21.5 Å². The van der Waals surface area contributed by atoms with Crippen molar-refractivity contribution in [2.75, 3.05) is 6.54 Å². The molecule has 0 saturated carbocycles. The Bertz CT molecular complexity index is 819. The van der Waals surface area contributed by atoms with Crippen molar-refractivity contribution in [2.45, 2.75) is 13.0 Å². The highest BCUT2D eigenvalue weighted by atomic mass is 16.2. The second-order valence-corrected chi connectivity index (χ2v) is 5.88. The molecular formula is C20H18N2O. The largest absolute Gasteiger partial charge is 0.334 e. The first-order chi connectivity index (χ1) is 11.3. The van der Waals surface area contributed by atoms with Crippen LogP contribution in [0.3, 0.4) is 0 Å². The summed E-state index contributed by atoms with van der Waals surface area (Å²) in [6.45, 7) is 1.49. The molecule has 1 aliphatic rings. The molecule has 0 aliphatic carbocycles. The number of amides is 1. The molecular weight excluding hydrogens is 284 g/mol. The van der Waals surface area contributed by atoms with E-state index in [4.69, 9.17) is 0 Å². The van der Waals surface area contributed by atoms with Crippen LogP contribution in [-0.2, 0) is 13.0 Å². The van der Waals surface area contributed by atoms with Crippen LogP contribution in [-0.4, -0.2) is 21.9 Å². The molecule has 2 heterocycles. The first-order valence-corrected chi connectivity index (χ1v) is 7.91. The Kier molecular flexibility index (Phi) is 3.46. The van der Waals surface area contributed by atoms with Crippen LogP contribution in [0.15, 0.2) is 73.1 Å². The van der Waals surface area contributed by atoms with Crippen molar-refractivity contribution in [3.05, 3.63) is 89.7 Å². The first kappa shape index (κ1) is 13.8. The lowest BCUT2D eigenvalue weighted by atomic mass is 9.99. The maximum Gasteiger partial charge on any atom is 0.254 e. The minimum Gasteiger partial charge on any atom is -0.334 e. The zero-order valence-electron chi connectivity index (χ0n) is 12.9. The zero-order chi connectivity index (χ0) is 15.6. The van der Waals surface area contributed by atoms with E-state index >= 15 is 0 Å². The van der Waals surface area contributed by atoms with Crippen LogP contribution in [0.25, 0.3) is 5.69 Å². The first-order valence-electron chi connectivity index (χ1n) is 7.91. The van der Waals surface area contributed by atoms with Gasteiger partial charge in [-0.2, -0.15) is 0 Å². The van der Waals surface area contributed by atoms with Gasteiger partial charge in [0.1, 0.15) is 0 Å². The minimum absolute atomic E-state index is 0.110. The van der Waals surface area contributed by atoms with Crippen LogP contribution in [0.2, 0.25) is 0 Å². The summed E-state index contributed by atoms with van der Waals surface area (Å²) in [5, 5.41) is 0. The van der Waals surface area contributed by atoms with Crippen molar-refractivity contribution in [1.29, 1.82) is 0 Å². The Morgan fingerprint density at radius 2 is 1.52 bits per heavy atom. The van der Waals surface area contributed by atoms with E-state index in [1.165, 1.54) is 11.1 Å². The summed E-state index contributed by atoms with van der Waals surface area (Å²) < 4.78 is 2.03. The highest BCUT2D eigenvalue weighted by Gasteiger charge is 2.21. The number of hydrogen-bond acceptors (Lipinski definition) is 1. The van der Waals surface area contributed by atoms with E-state index < -0.39 is 0 Å². The number of carbonyl (C=O) groups excluding carboxylic acids is 1. The lowest BCUT2D eigenvalue weighted by Gasteiger charge is -2.29. The molecule has 4 rings (SSSR count).